The van der Waals surface area contributed by atoms with Crippen molar-refractivity contribution in [2.75, 3.05) is 6.54 Å². The van der Waals surface area contributed by atoms with Crippen LogP contribution in [0.5, 0.6) is 0 Å². The summed E-state index contributed by atoms with van der Waals surface area (Å²) < 4.78 is 15.7. The van der Waals surface area contributed by atoms with Gasteiger partial charge in [-0.2, -0.15) is 5.10 Å². The molecule has 1 N–H and O–H groups in total. The molecule has 0 radical (unpaired) electrons. The minimum absolute atomic E-state index is 0.222. The van der Waals surface area contributed by atoms with E-state index in [1.165, 1.54) is 11.6 Å². The number of nitrogens with one attached hydrogen (secondary N) is 1. The van der Waals surface area contributed by atoms with Gasteiger partial charge in [-0.15, -0.1) is 0 Å². The van der Waals surface area contributed by atoms with Crippen LogP contribution in [0.25, 0.3) is 0 Å². The van der Waals surface area contributed by atoms with E-state index in [2.05, 4.69) is 24.3 Å². The van der Waals surface area contributed by atoms with Crippen LogP contribution in [0, 0.1) is 19.7 Å². The SMILES string of the molecule is CCNC(C)c1c(C)nn(Cc2c(F)cccc2Cl)c1C. The summed E-state index contributed by atoms with van der Waals surface area (Å²) in [6.07, 6.45) is 0. The Bertz CT molecular complexity index is 616. The molecule has 21 heavy (non-hydrogen) atoms. The third-order valence-corrected chi connectivity index (χ3v) is 4.10. The largest absolute Gasteiger partial charge is 0.310 e. The molecule has 0 spiro atoms. The van der Waals surface area contributed by atoms with Crippen molar-refractivity contribution in [3.63, 3.8) is 0 Å². The van der Waals surface area contributed by atoms with Gasteiger partial charge >= 0.3 is 0 Å². The molecule has 0 saturated heterocycles. The zero-order chi connectivity index (χ0) is 15.6. The monoisotopic (exact) mass is 309 g/mol. The Morgan fingerprint density at radius 2 is 2.10 bits per heavy atom. The number of aryl methyl sites for hydroxylation is 1. The fourth-order valence-electron chi connectivity index (χ4n) is 2.73. The van der Waals surface area contributed by atoms with Gasteiger partial charge in [0.25, 0.3) is 0 Å². The van der Waals surface area contributed by atoms with Gasteiger partial charge in [-0.3, -0.25) is 4.68 Å². The first kappa shape index (κ1) is 16.0. The van der Waals surface area contributed by atoms with Crippen molar-refractivity contribution < 1.29 is 4.39 Å². The molecule has 0 aliphatic rings. The number of hydrogen-bond donors (Lipinski definition) is 1. The van der Waals surface area contributed by atoms with Crippen molar-refractivity contribution in [3.05, 3.63) is 51.6 Å². The Morgan fingerprint density at radius 1 is 1.38 bits per heavy atom. The molecule has 3 nitrogen and oxygen atoms in total. The van der Waals surface area contributed by atoms with Crippen LogP contribution in [0.15, 0.2) is 18.2 Å². The van der Waals surface area contributed by atoms with Gasteiger partial charge in [0, 0.05) is 27.9 Å². The van der Waals surface area contributed by atoms with Crippen LogP contribution < -0.4 is 5.32 Å². The summed E-state index contributed by atoms with van der Waals surface area (Å²) >= 11 is 6.10. The highest BCUT2D eigenvalue weighted by Gasteiger charge is 2.18. The lowest BCUT2D eigenvalue weighted by molar-refractivity contribution is 0.573. The topological polar surface area (TPSA) is 29.9 Å². The minimum atomic E-state index is -0.295. The van der Waals surface area contributed by atoms with Gasteiger partial charge in [0.1, 0.15) is 5.82 Å². The molecule has 2 aromatic rings. The summed E-state index contributed by atoms with van der Waals surface area (Å²) in [5.41, 5.74) is 3.66. The van der Waals surface area contributed by atoms with Gasteiger partial charge in [-0.1, -0.05) is 24.6 Å². The Morgan fingerprint density at radius 3 is 2.71 bits per heavy atom. The number of halogens is 2. The van der Waals surface area contributed by atoms with Crippen LogP contribution in [0.1, 0.15) is 42.4 Å². The first-order valence-electron chi connectivity index (χ1n) is 7.15. The summed E-state index contributed by atoms with van der Waals surface area (Å²) in [6, 6.07) is 4.96. The molecule has 114 valence electrons. The molecular weight excluding hydrogens is 289 g/mol. The Labute approximate surface area is 130 Å². The summed E-state index contributed by atoms with van der Waals surface area (Å²) in [5.74, 6) is -0.295. The van der Waals surface area contributed by atoms with E-state index in [0.717, 1.165) is 17.9 Å². The quantitative estimate of drug-likeness (QED) is 0.904. The highest BCUT2D eigenvalue weighted by atomic mass is 35.5. The summed E-state index contributed by atoms with van der Waals surface area (Å²) in [7, 11) is 0. The van der Waals surface area contributed by atoms with E-state index in [9.17, 15) is 4.39 Å². The van der Waals surface area contributed by atoms with Crippen molar-refractivity contribution in [3.8, 4) is 0 Å². The Hall–Kier alpha value is -1.39. The second-order valence-corrected chi connectivity index (χ2v) is 5.63. The predicted octanol–water partition coefficient (Wildman–Crippen LogP) is 4.01. The van der Waals surface area contributed by atoms with Crippen molar-refractivity contribution in [2.45, 2.75) is 40.3 Å². The number of rotatable bonds is 5. The fourth-order valence-corrected chi connectivity index (χ4v) is 2.96. The van der Waals surface area contributed by atoms with Crippen LogP contribution in [0.3, 0.4) is 0 Å². The van der Waals surface area contributed by atoms with Crippen molar-refractivity contribution in [2.24, 2.45) is 0 Å². The fraction of sp³-hybridized carbons (Fsp3) is 0.438. The van der Waals surface area contributed by atoms with Crippen LogP contribution in [-0.4, -0.2) is 16.3 Å². The van der Waals surface area contributed by atoms with Gasteiger partial charge in [0.2, 0.25) is 0 Å². The van der Waals surface area contributed by atoms with Crippen molar-refractivity contribution in [1.82, 2.24) is 15.1 Å². The van der Waals surface area contributed by atoms with Crippen molar-refractivity contribution in [1.29, 1.82) is 0 Å². The number of benzene rings is 1. The maximum atomic E-state index is 13.9. The summed E-state index contributed by atoms with van der Waals surface area (Å²) in [6.45, 7) is 9.42. The number of nitrogens with zero attached hydrogens (tertiary/aromatic N) is 2. The van der Waals surface area contributed by atoms with E-state index in [0.29, 0.717) is 17.1 Å². The van der Waals surface area contributed by atoms with E-state index >= 15 is 0 Å². The molecule has 0 bridgehead atoms. The molecule has 1 unspecified atom stereocenters. The molecule has 0 aliphatic heterocycles. The third kappa shape index (κ3) is 3.27. The Kier molecular flexibility index (Phi) is 5.01. The smallest absolute Gasteiger partial charge is 0.129 e. The molecule has 0 saturated carbocycles. The molecule has 1 atom stereocenters. The van der Waals surface area contributed by atoms with E-state index in [1.54, 1.807) is 12.1 Å². The molecular formula is C16H21ClFN3. The second kappa shape index (κ2) is 6.58. The lowest BCUT2D eigenvalue weighted by Crippen LogP contribution is -2.19. The molecule has 0 fully saturated rings. The lowest BCUT2D eigenvalue weighted by atomic mass is 10.1. The van der Waals surface area contributed by atoms with E-state index < -0.39 is 0 Å². The molecule has 0 aliphatic carbocycles. The molecule has 1 aromatic heterocycles. The van der Waals surface area contributed by atoms with E-state index in [4.69, 9.17) is 11.6 Å². The molecule has 2 rings (SSSR count). The highest BCUT2D eigenvalue weighted by molar-refractivity contribution is 6.31. The first-order valence-corrected chi connectivity index (χ1v) is 7.53. The second-order valence-electron chi connectivity index (χ2n) is 5.22. The summed E-state index contributed by atoms with van der Waals surface area (Å²) in [5, 5.41) is 8.37. The minimum Gasteiger partial charge on any atom is -0.310 e. The summed E-state index contributed by atoms with van der Waals surface area (Å²) in [4.78, 5) is 0. The van der Waals surface area contributed by atoms with E-state index in [-0.39, 0.29) is 11.9 Å². The lowest BCUT2D eigenvalue weighted by Gasteiger charge is -2.13. The maximum absolute atomic E-state index is 13.9. The predicted molar refractivity (Wildman–Crippen MR) is 84.3 cm³/mol. The highest BCUT2D eigenvalue weighted by Crippen LogP contribution is 2.24. The van der Waals surface area contributed by atoms with Gasteiger partial charge in [0.15, 0.2) is 0 Å². The van der Waals surface area contributed by atoms with Gasteiger partial charge in [0.05, 0.1) is 12.2 Å². The molecule has 1 heterocycles. The first-order chi connectivity index (χ1) is 9.95. The maximum Gasteiger partial charge on any atom is 0.129 e. The average Bonchev–Trinajstić information content (AvgIpc) is 2.69. The van der Waals surface area contributed by atoms with Crippen LogP contribution in [-0.2, 0) is 6.54 Å². The zero-order valence-electron chi connectivity index (χ0n) is 12.9. The van der Waals surface area contributed by atoms with Gasteiger partial charge in [-0.05, 0) is 39.4 Å². The van der Waals surface area contributed by atoms with Crippen molar-refractivity contribution >= 4 is 11.6 Å². The van der Waals surface area contributed by atoms with Crippen LogP contribution in [0.2, 0.25) is 5.02 Å². The normalized spacial score (nSPS) is 12.7. The van der Waals surface area contributed by atoms with Gasteiger partial charge < -0.3 is 5.32 Å². The van der Waals surface area contributed by atoms with Crippen LogP contribution >= 0.6 is 11.6 Å². The third-order valence-electron chi connectivity index (χ3n) is 3.75. The zero-order valence-corrected chi connectivity index (χ0v) is 13.6. The van der Waals surface area contributed by atoms with E-state index in [1.807, 2.05) is 18.5 Å². The standard InChI is InChI=1S/C16H21ClFN3/c1-5-19-10(2)16-11(3)20-21(12(16)4)9-13-14(17)7-6-8-15(13)18/h6-8,10,19H,5,9H2,1-4H3. The molecule has 5 heteroatoms. The van der Waals surface area contributed by atoms with Crippen LogP contribution in [0.4, 0.5) is 4.39 Å². The molecule has 1 aromatic carbocycles. The number of aromatic nitrogens is 2. The van der Waals surface area contributed by atoms with Gasteiger partial charge in [-0.25, -0.2) is 4.39 Å². The Balaban J connectivity index is 2.36. The average molecular weight is 310 g/mol. The molecule has 0 amide bonds. The number of hydrogen-bond acceptors (Lipinski definition) is 2.